The summed E-state index contributed by atoms with van der Waals surface area (Å²) in [5.74, 6) is 0.880. The molecule has 52 heavy (non-hydrogen) atoms. The van der Waals surface area contributed by atoms with Crippen molar-refractivity contribution in [3.8, 4) is 12.1 Å². The van der Waals surface area contributed by atoms with E-state index in [-0.39, 0.29) is 30.9 Å². The molecule has 3 aromatic carbocycles. The van der Waals surface area contributed by atoms with Gasteiger partial charge in [-0.1, -0.05) is 66.7 Å². The molecular weight excluding hydrogens is 654 g/mol. The number of anilines is 2. The van der Waals surface area contributed by atoms with Gasteiger partial charge in [0.2, 0.25) is 0 Å². The molecule has 0 aliphatic carbocycles. The third kappa shape index (κ3) is 7.93. The molecule has 3 aliphatic heterocycles. The smallest absolute Gasteiger partial charge is 0.410 e. The summed E-state index contributed by atoms with van der Waals surface area (Å²) in [5, 5.41) is 12.3. The summed E-state index contributed by atoms with van der Waals surface area (Å²) in [7, 11) is 1.67. The molecule has 0 spiro atoms. The number of methoxy groups -OCH3 is 1. The molecular formula is C41H49N7O4. The molecule has 7 rings (SSSR count). The van der Waals surface area contributed by atoms with E-state index >= 15 is 0 Å². The van der Waals surface area contributed by atoms with E-state index in [1.165, 1.54) is 22.0 Å². The first-order chi connectivity index (χ1) is 25.2. The zero-order valence-electron chi connectivity index (χ0n) is 30.7. The summed E-state index contributed by atoms with van der Waals surface area (Å²) in [6.07, 6.45) is 1.35. The number of fused-ring (bicyclic) bond motifs is 2. The number of likely N-dealkylation sites (tertiary alicyclic amines) is 1. The Bertz CT molecular complexity index is 1900. The van der Waals surface area contributed by atoms with Gasteiger partial charge in [0, 0.05) is 62.5 Å². The number of benzene rings is 3. The average Bonchev–Trinajstić information content (AvgIpc) is 3.57. The van der Waals surface area contributed by atoms with Crippen molar-refractivity contribution in [2.24, 2.45) is 0 Å². The van der Waals surface area contributed by atoms with Gasteiger partial charge in [-0.2, -0.15) is 15.2 Å². The van der Waals surface area contributed by atoms with Crippen molar-refractivity contribution in [3.63, 3.8) is 0 Å². The van der Waals surface area contributed by atoms with Gasteiger partial charge >= 0.3 is 12.1 Å². The Morgan fingerprint density at radius 3 is 2.50 bits per heavy atom. The quantitative estimate of drug-likeness (QED) is 0.200. The molecule has 2 fully saturated rings. The van der Waals surface area contributed by atoms with Gasteiger partial charge in [0.25, 0.3) is 0 Å². The van der Waals surface area contributed by atoms with Crippen LogP contribution in [0.15, 0.2) is 72.8 Å². The molecule has 2 saturated heterocycles. The highest BCUT2D eigenvalue weighted by Crippen LogP contribution is 2.35. The molecule has 272 valence electrons. The molecule has 1 amide bonds. The summed E-state index contributed by atoms with van der Waals surface area (Å²) in [6, 6.07) is 27.9. The number of aromatic nitrogens is 2. The molecule has 4 heterocycles. The molecule has 11 heteroatoms. The van der Waals surface area contributed by atoms with Gasteiger partial charge in [0.15, 0.2) is 0 Å². The lowest BCUT2D eigenvalue weighted by Crippen LogP contribution is -2.53. The van der Waals surface area contributed by atoms with Gasteiger partial charge < -0.3 is 24.0 Å². The molecule has 0 bridgehead atoms. The number of hydrogen-bond acceptors (Lipinski definition) is 10. The van der Waals surface area contributed by atoms with Crippen molar-refractivity contribution >= 4 is 28.4 Å². The zero-order chi connectivity index (χ0) is 36.2. The van der Waals surface area contributed by atoms with Gasteiger partial charge in [-0.3, -0.25) is 9.80 Å². The first kappa shape index (κ1) is 35.5. The Morgan fingerprint density at radius 1 is 0.923 bits per heavy atom. The van der Waals surface area contributed by atoms with Crippen molar-refractivity contribution in [1.29, 1.82) is 5.26 Å². The molecule has 0 N–H and O–H groups in total. The van der Waals surface area contributed by atoms with Crippen molar-refractivity contribution in [2.75, 3.05) is 56.2 Å². The number of rotatable bonds is 9. The Morgan fingerprint density at radius 2 is 1.71 bits per heavy atom. The average molecular weight is 704 g/mol. The number of amides is 1. The van der Waals surface area contributed by atoms with Crippen LogP contribution >= 0.6 is 0 Å². The largest absolute Gasteiger partial charge is 0.461 e. The molecule has 1 aromatic heterocycles. The second kappa shape index (κ2) is 15.4. The number of ether oxygens (including phenoxy) is 3. The highest BCUT2D eigenvalue weighted by atomic mass is 16.6. The maximum atomic E-state index is 13.2. The summed E-state index contributed by atoms with van der Waals surface area (Å²) < 4.78 is 17.8. The summed E-state index contributed by atoms with van der Waals surface area (Å²) in [5.41, 5.74) is 3.87. The highest BCUT2D eigenvalue weighted by molar-refractivity contribution is 5.94. The van der Waals surface area contributed by atoms with Gasteiger partial charge in [0.05, 0.1) is 43.4 Å². The predicted molar refractivity (Wildman–Crippen MR) is 201 cm³/mol. The van der Waals surface area contributed by atoms with Crippen molar-refractivity contribution < 1.29 is 19.0 Å². The van der Waals surface area contributed by atoms with Crippen molar-refractivity contribution in [2.45, 2.75) is 76.9 Å². The van der Waals surface area contributed by atoms with Crippen LogP contribution < -0.4 is 14.5 Å². The monoisotopic (exact) mass is 703 g/mol. The second-order valence-corrected chi connectivity index (χ2v) is 15.0. The van der Waals surface area contributed by atoms with Crippen LogP contribution in [0, 0.1) is 11.3 Å². The van der Waals surface area contributed by atoms with Crippen LogP contribution in [-0.2, 0) is 29.0 Å². The normalized spacial score (nSPS) is 20.8. The van der Waals surface area contributed by atoms with Crippen molar-refractivity contribution in [1.82, 2.24) is 19.8 Å². The van der Waals surface area contributed by atoms with E-state index in [4.69, 9.17) is 24.2 Å². The molecule has 3 aliphatic rings. The summed E-state index contributed by atoms with van der Waals surface area (Å²) in [4.78, 5) is 32.2. The molecule has 1 unspecified atom stereocenters. The predicted octanol–water partition coefficient (Wildman–Crippen LogP) is 6.20. The van der Waals surface area contributed by atoms with Gasteiger partial charge in [0.1, 0.15) is 18.0 Å². The van der Waals surface area contributed by atoms with E-state index in [9.17, 15) is 10.1 Å². The van der Waals surface area contributed by atoms with Crippen LogP contribution in [0.3, 0.4) is 0 Å². The van der Waals surface area contributed by atoms with Gasteiger partial charge in [-0.25, -0.2) is 4.79 Å². The van der Waals surface area contributed by atoms with Crippen LogP contribution in [0.2, 0.25) is 0 Å². The number of carbonyl (C=O) groups is 1. The SMILES string of the molecule is CO[C@@H]1C[C@@H](COc2nc3c(c(N4CCN(Cc5ccccc5)C(CC#N)C4)n2)CCN(c2cccc4ccccc24)C3)N(C(=O)OC(C)(C)C)C1. The van der Waals surface area contributed by atoms with E-state index in [1.807, 2.05) is 26.8 Å². The maximum absolute atomic E-state index is 13.2. The minimum atomic E-state index is -0.616. The fourth-order valence-electron chi connectivity index (χ4n) is 7.73. The van der Waals surface area contributed by atoms with Gasteiger partial charge in [-0.15, -0.1) is 0 Å². The minimum absolute atomic E-state index is 0.0524. The van der Waals surface area contributed by atoms with E-state index in [1.54, 1.807) is 12.0 Å². The van der Waals surface area contributed by atoms with Crippen LogP contribution in [0.1, 0.15) is 50.4 Å². The number of nitrogens with zero attached hydrogens (tertiary/aromatic N) is 7. The molecule has 0 radical (unpaired) electrons. The Hall–Kier alpha value is -4.92. The molecule has 11 nitrogen and oxygen atoms in total. The van der Waals surface area contributed by atoms with Crippen LogP contribution in [0.5, 0.6) is 6.01 Å². The van der Waals surface area contributed by atoms with E-state index < -0.39 is 5.60 Å². The standard InChI is InChI=1S/C41H49N7O4/c1-41(2,3)52-40(49)48-26-33(50-4)23-32(48)28-51-39-43-36-27-46(37-16-10-14-30-13-8-9-15-34(30)37)20-18-35(36)38(44-39)47-22-21-45(31(25-47)17-19-42)24-29-11-6-5-7-12-29/h5-16,31-33H,17-18,20-28H2,1-4H3/t31?,32-,33+/m0/s1. The zero-order valence-corrected chi connectivity index (χ0v) is 30.7. The topological polar surface area (TPSA) is 107 Å². The third-order valence-electron chi connectivity index (χ3n) is 10.3. The van der Waals surface area contributed by atoms with Crippen LogP contribution in [0.25, 0.3) is 10.8 Å². The second-order valence-electron chi connectivity index (χ2n) is 15.0. The van der Waals surface area contributed by atoms with E-state index in [0.717, 1.165) is 49.7 Å². The molecule has 0 saturated carbocycles. The number of hydrogen-bond donors (Lipinski definition) is 0. The summed E-state index contributed by atoms with van der Waals surface area (Å²) >= 11 is 0. The number of carbonyl (C=O) groups excluding carboxylic acids is 1. The lowest BCUT2D eigenvalue weighted by Gasteiger charge is -2.42. The first-order valence-electron chi connectivity index (χ1n) is 18.4. The van der Waals surface area contributed by atoms with Crippen LogP contribution in [-0.4, -0.2) is 96.1 Å². The van der Waals surface area contributed by atoms with Gasteiger partial charge in [-0.05, 0) is 50.6 Å². The highest BCUT2D eigenvalue weighted by Gasteiger charge is 2.39. The van der Waals surface area contributed by atoms with E-state index in [0.29, 0.717) is 38.5 Å². The van der Waals surface area contributed by atoms with Crippen LogP contribution in [0.4, 0.5) is 16.3 Å². The first-order valence-corrected chi connectivity index (χ1v) is 18.4. The lowest BCUT2D eigenvalue weighted by molar-refractivity contribution is 0.0160. The molecule has 4 aromatic rings. The molecule has 3 atom stereocenters. The Balaban J connectivity index is 1.18. The van der Waals surface area contributed by atoms with Crippen molar-refractivity contribution in [3.05, 3.63) is 89.6 Å². The van der Waals surface area contributed by atoms with E-state index in [2.05, 4.69) is 87.5 Å². The fraction of sp³-hybridized carbons (Fsp3) is 0.463. The Labute approximate surface area is 306 Å². The fourth-order valence-corrected chi connectivity index (χ4v) is 7.73. The lowest BCUT2D eigenvalue weighted by atomic mass is 10.0. The number of piperazine rings is 1. The minimum Gasteiger partial charge on any atom is -0.461 e. The Kier molecular flexibility index (Phi) is 10.5. The maximum Gasteiger partial charge on any atom is 0.410 e. The number of nitriles is 1. The summed E-state index contributed by atoms with van der Waals surface area (Å²) in [6.45, 7) is 10.8. The third-order valence-corrected chi connectivity index (χ3v) is 10.3.